The average Bonchev–Trinajstić information content (AvgIpc) is 2.44. The maximum atomic E-state index is 13.8. The molecule has 0 amide bonds. The van der Waals surface area contributed by atoms with Gasteiger partial charge >= 0.3 is 0 Å². The number of fused-ring (bicyclic) bond motifs is 2. The molecule has 0 bridgehead atoms. The summed E-state index contributed by atoms with van der Waals surface area (Å²) in [6.45, 7) is 0. The van der Waals surface area contributed by atoms with Crippen LogP contribution in [0.15, 0.2) is 36.4 Å². The molecule has 2 aromatic carbocycles. The van der Waals surface area contributed by atoms with Crippen molar-refractivity contribution in [1.82, 2.24) is 0 Å². The van der Waals surface area contributed by atoms with Crippen molar-refractivity contribution in [2.75, 3.05) is 0 Å². The van der Waals surface area contributed by atoms with Crippen molar-refractivity contribution in [3.05, 3.63) is 70.0 Å². The molecule has 19 heavy (non-hydrogen) atoms. The van der Waals surface area contributed by atoms with Crippen molar-refractivity contribution in [3.63, 3.8) is 0 Å². The normalized spacial score (nSPS) is 13.2. The molecule has 2 nitrogen and oxygen atoms in total. The first-order chi connectivity index (χ1) is 9.13. The van der Waals surface area contributed by atoms with Gasteiger partial charge in [0.1, 0.15) is 5.82 Å². The fraction of sp³-hybridized carbons (Fsp3) is 0.0667. The highest BCUT2D eigenvalue weighted by Gasteiger charge is 2.30. The van der Waals surface area contributed by atoms with Crippen LogP contribution in [0, 0.1) is 5.82 Å². The van der Waals surface area contributed by atoms with E-state index in [9.17, 15) is 14.0 Å². The molecular formula is C15H8BrFO2. The van der Waals surface area contributed by atoms with E-state index in [0.717, 1.165) is 6.07 Å². The van der Waals surface area contributed by atoms with E-state index in [1.807, 2.05) is 0 Å². The number of hydrogen-bond donors (Lipinski definition) is 0. The van der Waals surface area contributed by atoms with Gasteiger partial charge in [0, 0.05) is 27.6 Å². The predicted octanol–water partition coefficient (Wildman–Crippen LogP) is 3.50. The van der Waals surface area contributed by atoms with E-state index >= 15 is 0 Å². The van der Waals surface area contributed by atoms with Crippen LogP contribution in [0.3, 0.4) is 0 Å². The fourth-order valence-corrected chi connectivity index (χ4v) is 2.70. The highest BCUT2D eigenvalue weighted by Crippen LogP contribution is 2.29. The van der Waals surface area contributed by atoms with Gasteiger partial charge < -0.3 is 0 Å². The van der Waals surface area contributed by atoms with Gasteiger partial charge in [-0.3, -0.25) is 9.59 Å². The Morgan fingerprint density at radius 3 is 1.95 bits per heavy atom. The monoisotopic (exact) mass is 318 g/mol. The first kappa shape index (κ1) is 12.2. The molecule has 0 unspecified atom stereocenters. The number of benzene rings is 2. The van der Waals surface area contributed by atoms with Crippen LogP contribution in [-0.2, 0) is 5.33 Å². The number of alkyl halides is 1. The lowest BCUT2D eigenvalue weighted by molar-refractivity contribution is 0.0978. The molecule has 1 aliphatic rings. The summed E-state index contributed by atoms with van der Waals surface area (Å²) in [6.07, 6.45) is 0. The molecule has 1 aliphatic carbocycles. The van der Waals surface area contributed by atoms with E-state index in [1.54, 1.807) is 24.3 Å². The Bertz CT molecular complexity index is 722. The van der Waals surface area contributed by atoms with Crippen molar-refractivity contribution in [2.24, 2.45) is 0 Å². The quantitative estimate of drug-likeness (QED) is 0.644. The van der Waals surface area contributed by atoms with Crippen LogP contribution in [0.2, 0.25) is 0 Å². The smallest absolute Gasteiger partial charge is 0.194 e. The number of carbonyl (C=O) groups excluding carboxylic acids is 2. The van der Waals surface area contributed by atoms with Crippen LogP contribution in [-0.4, -0.2) is 11.6 Å². The molecule has 94 valence electrons. The summed E-state index contributed by atoms with van der Waals surface area (Å²) in [5, 5.41) is 0.301. The van der Waals surface area contributed by atoms with Crippen molar-refractivity contribution in [1.29, 1.82) is 0 Å². The molecule has 0 spiro atoms. The standard InChI is InChI=1S/C15H8BrFO2/c16-7-8-5-11-12(6-13(8)17)15(19)10-4-2-1-3-9(10)14(11)18/h1-6H,7H2. The Morgan fingerprint density at radius 1 is 0.895 bits per heavy atom. The third kappa shape index (κ3) is 1.75. The topological polar surface area (TPSA) is 34.1 Å². The summed E-state index contributed by atoms with van der Waals surface area (Å²) < 4.78 is 13.8. The van der Waals surface area contributed by atoms with Gasteiger partial charge in [-0.1, -0.05) is 40.2 Å². The Hall–Kier alpha value is -1.81. The number of halogens is 2. The molecule has 4 heteroatoms. The Kier molecular flexibility index (Phi) is 2.82. The lowest BCUT2D eigenvalue weighted by Gasteiger charge is -2.18. The zero-order valence-electron chi connectivity index (χ0n) is 9.74. The highest BCUT2D eigenvalue weighted by molar-refractivity contribution is 9.08. The van der Waals surface area contributed by atoms with Crippen LogP contribution in [0.1, 0.15) is 37.4 Å². The van der Waals surface area contributed by atoms with Gasteiger partial charge in [-0.2, -0.15) is 0 Å². The fourth-order valence-electron chi connectivity index (χ4n) is 2.27. The highest BCUT2D eigenvalue weighted by atomic mass is 79.9. The molecule has 0 N–H and O–H groups in total. The maximum Gasteiger partial charge on any atom is 0.194 e. The van der Waals surface area contributed by atoms with Crippen molar-refractivity contribution < 1.29 is 14.0 Å². The summed E-state index contributed by atoms with van der Waals surface area (Å²) >= 11 is 3.17. The second-order valence-corrected chi connectivity index (χ2v) is 4.89. The van der Waals surface area contributed by atoms with Gasteiger partial charge in [-0.05, 0) is 17.7 Å². The molecule has 0 radical (unpaired) electrons. The third-order valence-electron chi connectivity index (χ3n) is 3.24. The van der Waals surface area contributed by atoms with Crippen LogP contribution in [0.5, 0.6) is 0 Å². The van der Waals surface area contributed by atoms with E-state index in [2.05, 4.69) is 15.9 Å². The number of hydrogen-bond acceptors (Lipinski definition) is 2. The molecule has 0 atom stereocenters. The zero-order valence-corrected chi connectivity index (χ0v) is 11.3. The summed E-state index contributed by atoms with van der Waals surface area (Å²) in [5.74, 6) is -1.01. The predicted molar refractivity (Wildman–Crippen MR) is 72.3 cm³/mol. The molecular weight excluding hydrogens is 311 g/mol. The SMILES string of the molecule is O=C1c2ccccc2C(=O)c2cc(CBr)c(F)cc21. The van der Waals surface area contributed by atoms with Gasteiger partial charge in [0.25, 0.3) is 0 Å². The average molecular weight is 319 g/mol. The minimum atomic E-state index is -0.476. The molecule has 3 rings (SSSR count). The second-order valence-electron chi connectivity index (χ2n) is 4.33. The number of rotatable bonds is 1. The van der Waals surface area contributed by atoms with E-state index in [0.29, 0.717) is 22.0 Å². The molecule has 2 aromatic rings. The summed E-state index contributed by atoms with van der Waals surface area (Å²) in [4.78, 5) is 24.6. The zero-order chi connectivity index (χ0) is 13.6. The summed E-state index contributed by atoms with van der Waals surface area (Å²) in [5.41, 5.74) is 1.52. The summed E-state index contributed by atoms with van der Waals surface area (Å²) in [6, 6.07) is 9.23. The Balaban J connectivity index is 2.30. The van der Waals surface area contributed by atoms with Crippen molar-refractivity contribution >= 4 is 27.5 Å². The minimum Gasteiger partial charge on any atom is -0.289 e. The lowest BCUT2D eigenvalue weighted by Crippen LogP contribution is -2.21. The maximum absolute atomic E-state index is 13.8. The van der Waals surface area contributed by atoms with E-state index in [4.69, 9.17) is 0 Å². The van der Waals surface area contributed by atoms with Gasteiger partial charge in [0.05, 0.1) is 0 Å². The Labute approximate surface area is 117 Å². The minimum absolute atomic E-state index is 0.144. The first-order valence-electron chi connectivity index (χ1n) is 5.70. The second kappa shape index (κ2) is 4.38. The van der Waals surface area contributed by atoms with Gasteiger partial charge in [-0.15, -0.1) is 0 Å². The van der Waals surface area contributed by atoms with Crippen LogP contribution >= 0.6 is 15.9 Å². The third-order valence-corrected chi connectivity index (χ3v) is 3.84. The van der Waals surface area contributed by atoms with Crippen molar-refractivity contribution in [2.45, 2.75) is 5.33 Å². The van der Waals surface area contributed by atoms with Crippen LogP contribution < -0.4 is 0 Å². The molecule has 0 saturated heterocycles. The number of ketones is 2. The van der Waals surface area contributed by atoms with E-state index < -0.39 is 5.82 Å². The molecule has 0 aromatic heterocycles. The van der Waals surface area contributed by atoms with E-state index in [1.165, 1.54) is 6.07 Å². The lowest BCUT2D eigenvalue weighted by atomic mass is 9.83. The van der Waals surface area contributed by atoms with E-state index in [-0.39, 0.29) is 22.7 Å². The van der Waals surface area contributed by atoms with Crippen molar-refractivity contribution in [3.8, 4) is 0 Å². The summed E-state index contributed by atoms with van der Waals surface area (Å²) in [7, 11) is 0. The van der Waals surface area contributed by atoms with Gasteiger partial charge in [-0.25, -0.2) is 4.39 Å². The van der Waals surface area contributed by atoms with Gasteiger partial charge in [0.15, 0.2) is 11.6 Å². The molecule has 0 heterocycles. The van der Waals surface area contributed by atoms with Crippen LogP contribution in [0.25, 0.3) is 0 Å². The first-order valence-corrected chi connectivity index (χ1v) is 6.82. The molecule has 0 aliphatic heterocycles. The molecule has 0 fully saturated rings. The van der Waals surface area contributed by atoms with Gasteiger partial charge in [0.2, 0.25) is 0 Å². The van der Waals surface area contributed by atoms with Crippen LogP contribution in [0.4, 0.5) is 4.39 Å². The molecule has 0 saturated carbocycles. The Morgan fingerprint density at radius 2 is 1.42 bits per heavy atom. The number of carbonyl (C=O) groups is 2. The largest absolute Gasteiger partial charge is 0.289 e.